The normalized spacial score (nSPS) is 11.0. The Morgan fingerprint density at radius 1 is 0.875 bits per heavy atom. The largest absolute Gasteiger partial charge is 0.326 e. The summed E-state index contributed by atoms with van der Waals surface area (Å²) < 4.78 is 42.0. The summed E-state index contributed by atoms with van der Waals surface area (Å²) in [6.45, 7) is 1.35. The van der Waals surface area contributed by atoms with Gasteiger partial charge in [0.05, 0.1) is 21.2 Å². The molecule has 0 aromatic heterocycles. The Morgan fingerprint density at radius 2 is 1.53 bits per heavy atom. The average molecular weight is 496 g/mol. The molecule has 3 rings (SSSR count). The summed E-state index contributed by atoms with van der Waals surface area (Å²) in [5.74, 6) is -1.90. The lowest BCUT2D eigenvalue weighted by molar-refractivity contribution is -0.114. The second kappa shape index (κ2) is 9.56. The highest BCUT2D eigenvalue weighted by Crippen LogP contribution is 2.25. The van der Waals surface area contributed by atoms with Gasteiger partial charge in [-0.2, -0.15) is 0 Å². The summed E-state index contributed by atoms with van der Waals surface area (Å²) in [6.07, 6.45) is 0. The maximum Gasteiger partial charge on any atom is 0.261 e. The topological polar surface area (TPSA) is 104 Å². The fourth-order valence-electron chi connectivity index (χ4n) is 2.67. The molecule has 3 aromatic rings. The zero-order chi connectivity index (χ0) is 23.5. The Labute approximate surface area is 193 Å². The first kappa shape index (κ1) is 23.5. The van der Waals surface area contributed by atoms with E-state index >= 15 is 0 Å². The van der Waals surface area contributed by atoms with E-state index in [0.717, 1.165) is 18.2 Å². The quantitative estimate of drug-likeness (QED) is 0.440. The van der Waals surface area contributed by atoms with Gasteiger partial charge in [0.2, 0.25) is 5.91 Å². The van der Waals surface area contributed by atoms with Crippen LogP contribution in [0.1, 0.15) is 17.3 Å². The molecule has 0 saturated heterocycles. The Morgan fingerprint density at radius 3 is 2.12 bits per heavy atom. The van der Waals surface area contributed by atoms with Crippen LogP contribution in [0.3, 0.4) is 0 Å². The van der Waals surface area contributed by atoms with Crippen molar-refractivity contribution in [3.05, 3.63) is 82.1 Å². The predicted molar refractivity (Wildman–Crippen MR) is 122 cm³/mol. The number of sulfonamides is 1. The number of halogens is 3. The first-order chi connectivity index (χ1) is 15.0. The van der Waals surface area contributed by atoms with Gasteiger partial charge >= 0.3 is 0 Å². The Bertz CT molecular complexity index is 1300. The second-order valence-electron chi connectivity index (χ2n) is 6.58. The number of hydrogen-bond donors (Lipinski definition) is 3. The first-order valence-electron chi connectivity index (χ1n) is 9.01. The van der Waals surface area contributed by atoms with E-state index in [2.05, 4.69) is 15.4 Å². The molecule has 7 nitrogen and oxygen atoms in total. The van der Waals surface area contributed by atoms with Crippen LogP contribution in [-0.2, 0) is 14.8 Å². The van der Waals surface area contributed by atoms with Gasteiger partial charge in [0.25, 0.3) is 15.9 Å². The lowest BCUT2D eigenvalue weighted by Gasteiger charge is -2.11. The highest BCUT2D eigenvalue weighted by atomic mass is 35.5. The molecule has 11 heteroatoms. The molecule has 0 unspecified atom stereocenters. The van der Waals surface area contributed by atoms with Gasteiger partial charge in [-0.1, -0.05) is 23.2 Å². The molecular formula is C21H16Cl2FN3O4S. The van der Waals surface area contributed by atoms with Gasteiger partial charge in [0.1, 0.15) is 5.82 Å². The monoisotopic (exact) mass is 495 g/mol. The number of rotatable bonds is 6. The summed E-state index contributed by atoms with van der Waals surface area (Å²) in [5, 5.41) is 5.33. The van der Waals surface area contributed by atoms with Crippen LogP contribution >= 0.6 is 23.2 Å². The summed E-state index contributed by atoms with van der Waals surface area (Å²) in [6, 6.07) is 13.2. The molecule has 0 atom stereocenters. The minimum absolute atomic E-state index is 0.0801. The van der Waals surface area contributed by atoms with Crippen LogP contribution in [-0.4, -0.2) is 20.2 Å². The Hall–Kier alpha value is -3.14. The van der Waals surface area contributed by atoms with Crippen LogP contribution in [0, 0.1) is 5.82 Å². The van der Waals surface area contributed by atoms with Crippen LogP contribution < -0.4 is 15.4 Å². The molecule has 32 heavy (non-hydrogen) atoms. The molecule has 0 fully saturated rings. The molecule has 0 spiro atoms. The molecule has 0 aliphatic rings. The van der Waals surface area contributed by atoms with Gasteiger partial charge < -0.3 is 10.6 Å². The van der Waals surface area contributed by atoms with Crippen LogP contribution in [0.25, 0.3) is 0 Å². The van der Waals surface area contributed by atoms with E-state index in [4.69, 9.17) is 23.2 Å². The first-order valence-corrected chi connectivity index (χ1v) is 11.3. The van der Waals surface area contributed by atoms with E-state index < -0.39 is 21.7 Å². The van der Waals surface area contributed by atoms with Gasteiger partial charge in [-0.3, -0.25) is 14.3 Å². The van der Waals surface area contributed by atoms with Crippen LogP contribution in [0.5, 0.6) is 0 Å². The Balaban J connectivity index is 1.76. The van der Waals surface area contributed by atoms with Gasteiger partial charge in [-0.05, 0) is 60.7 Å². The van der Waals surface area contributed by atoms with Gasteiger partial charge in [-0.25, -0.2) is 12.8 Å². The summed E-state index contributed by atoms with van der Waals surface area (Å²) in [5.41, 5.74) is 0.567. The molecule has 0 saturated carbocycles. The average Bonchev–Trinajstić information content (AvgIpc) is 2.70. The summed E-state index contributed by atoms with van der Waals surface area (Å²) in [4.78, 5) is 23.1. The van der Waals surface area contributed by atoms with Crippen molar-refractivity contribution in [2.75, 3.05) is 15.4 Å². The van der Waals surface area contributed by atoms with Crippen molar-refractivity contribution in [3.8, 4) is 0 Å². The van der Waals surface area contributed by atoms with E-state index in [1.165, 1.54) is 49.4 Å². The molecule has 0 bridgehead atoms. The van der Waals surface area contributed by atoms with Crippen LogP contribution in [0.4, 0.5) is 21.5 Å². The zero-order valence-electron chi connectivity index (χ0n) is 16.4. The number of benzene rings is 3. The highest BCUT2D eigenvalue weighted by molar-refractivity contribution is 7.92. The number of amides is 2. The minimum Gasteiger partial charge on any atom is -0.326 e. The number of carbonyl (C=O) groups excluding carboxylic acids is 2. The van der Waals surface area contributed by atoms with Crippen molar-refractivity contribution in [2.45, 2.75) is 11.8 Å². The molecule has 0 aliphatic heterocycles. The molecule has 0 aliphatic carbocycles. The van der Waals surface area contributed by atoms with E-state index in [1.807, 2.05) is 0 Å². The van der Waals surface area contributed by atoms with E-state index in [1.54, 1.807) is 0 Å². The van der Waals surface area contributed by atoms with Gasteiger partial charge in [0.15, 0.2) is 0 Å². The third-order valence-electron chi connectivity index (χ3n) is 4.13. The number of anilines is 3. The molecular weight excluding hydrogens is 480 g/mol. The van der Waals surface area contributed by atoms with Crippen molar-refractivity contribution in [2.24, 2.45) is 0 Å². The molecule has 0 heterocycles. The maximum atomic E-state index is 14.5. The fraction of sp³-hybridized carbons (Fsp3) is 0.0476. The van der Waals surface area contributed by atoms with E-state index in [-0.39, 0.29) is 32.8 Å². The van der Waals surface area contributed by atoms with Gasteiger partial charge in [-0.15, -0.1) is 0 Å². The van der Waals surface area contributed by atoms with E-state index in [0.29, 0.717) is 10.7 Å². The van der Waals surface area contributed by atoms with Crippen LogP contribution in [0.2, 0.25) is 10.0 Å². The Kier molecular flexibility index (Phi) is 7.02. The third-order valence-corrected chi connectivity index (χ3v) is 6.06. The lowest BCUT2D eigenvalue weighted by atomic mass is 10.2. The molecule has 3 aromatic carbocycles. The van der Waals surface area contributed by atoms with Crippen molar-refractivity contribution < 1.29 is 22.4 Å². The second-order valence-corrected chi connectivity index (χ2v) is 9.11. The molecule has 3 N–H and O–H groups in total. The lowest BCUT2D eigenvalue weighted by Crippen LogP contribution is -2.16. The van der Waals surface area contributed by atoms with Crippen molar-refractivity contribution in [1.29, 1.82) is 0 Å². The summed E-state index contributed by atoms with van der Waals surface area (Å²) in [7, 11) is -4.11. The smallest absolute Gasteiger partial charge is 0.261 e. The molecule has 166 valence electrons. The number of hydrogen-bond acceptors (Lipinski definition) is 4. The SMILES string of the molecule is CC(=O)Nc1ccc(NS(=O)(=O)c2ccc(NC(=O)c3ccc(Cl)cc3Cl)c(F)c2)cc1. The zero-order valence-corrected chi connectivity index (χ0v) is 18.8. The summed E-state index contributed by atoms with van der Waals surface area (Å²) >= 11 is 11.8. The van der Waals surface area contributed by atoms with Crippen molar-refractivity contribution in [1.82, 2.24) is 0 Å². The standard InChI is InChI=1S/C21H16Cl2FN3O4S/c1-12(28)25-14-3-5-15(6-4-14)27-32(30,31)16-7-9-20(19(24)11-16)26-21(29)17-8-2-13(22)10-18(17)23/h2-11,27H,1H3,(H,25,28)(H,26,29). The molecule has 2 amide bonds. The minimum atomic E-state index is -4.11. The number of nitrogens with one attached hydrogen (secondary N) is 3. The highest BCUT2D eigenvalue weighted by Gasteiger charge is 2.18. The van der Waals surface area contributed by atoms with Crippen molar-refractivity contribution in [3.63, 3.8) is 0 Å². The van der Waals surface area contributed by atoms with Gasteiger partial charge in [0, 0.05) is 23.3 Å². The number of carbonyl (C=O) groups is 2. The fourth-order valence-corrected chi connectivity index (χ4v) is 4.23. The predicted octanol–water partition coefficient (Wildman–Crippen LogP) is 5.14. The third kappa shape index (κ3) is 5.76. The van der Waals surface area contributed by atoms with E-state index in [9.17, 15) is 22.4 Å². The van der Waals surface area contributed by atoms with Crippen molar-refractivity contribution >= 4 is 62.1 Å². The molecule has 0 radical (unpaired) electrons. The van der Waals surface area contributed by atoms with Crippen LogP contribution in [0.15, 0.2) is 65.6 Å². The maximum absolute atomic E-state index is 14.5.